The molecule has 0 aromatic heterocycles. The Bertz CT molecular complexity index is 767. The van der Waals surface area contributed by atoms with Crippen LogP contribution in [0, 0.1) is 0 Å². The normalized spacial score (nSPS) is 18.9. The molecule has 0 bridgehead atoms. The van der Waals surface area contributed by atoms with E-state index >= 15 is 0 Å². The first-order valence-electron chi connectivity index (χ1n) is 8.71. The second-order valence-electron chi connectivity index (χ2n) is 6.35. The van der Waals surface area contributed by atoms with E-state index in [-0.39, 0.29) is 36.4 Å². The lowest BCUT2D eigenvalue weighted by Gasteiger charge is -2.27. The molecule has 2 aliphatic rings. The van der Waals surface area contributed by atoms with E-state index in [1.807, 2.05) is 0 Å². The highest BCUT2D eigenvalue weighted by Crippen LogP contribution is 2.30. The summed E-state index contributed by atoms with van der Waals surface area (Å²) in [4.78, 5) is 49.5. The number of ether oxygens (including phenoxy) is 1. The van der Waals surface area contributed by atoms with Gasteiger partial charge in [0.05, 0.1) is 17.7 Å². The van der Waals surface area contributed by atoms with Crippen LogP contribution >= 0.6 is 12.4 Å². The number of hydrogen-bond acceptors (Lipinski definition) is 6. The van der Waals surface area contributed by atoms with Gasteiger partial charge < -0.3 is 10.5 Å². The molecule has 2 aliphatic heterocycles. The molecule has 4 amide bonds. The van der Waals surface area contributed by atoms with Crippen LogP contribution in [0.3, 0.4) is 0 Å². The zero-order valence-electron chi connectivity index (χ0n) is 14.7. The number of imide groups is 2. The van der Waals surface area contributed by atoms with Gasteiger partial charge in [-0.1, -0.05) is 0 Å². The van der Waals surface area contributed by atoms with Crippen LogP contribution < -0.4 is 15.8 Å². The number of piperidine rings is 1. The standard InChI is InChI=1S/C18H21N3O5.ClH/c19-8-2-1-3-9-26-11-4-5-12-13(10-11)18(25)21(17(12)24)14-6-7-15(22)20-16(14)23;/h4-5,10,14H,1-3,6-9,19H2,(H,20,22,23);1H. The van der Waals surface area contributed by atoms with E-state index in [4.69, 9.17) is 10.5 Å². The van der Waals surface area contributed by atoms with Crippen molar-refractivity contribution in [2.75, 3.05) is 13.2 Å². The van der Waals surface area contributed by atoms with Gasteiger partial charge in [-0.2, -0.15) is 0 Å². The highest BCUT2D eigenvalue weighted by atomic mass is 35.5. The maximum Gasteiger partial charge on any atom is 0.262 e. The van der Waals surface area contributed by atoms with E-state index in [1.165, 1.54) is 12.1 Å². The molecule has 1 aromatic carbocycles. The molecule has 1 fully saturated rings. The maximum absolute atomic E-state index is 12.7. The Morgan fingerprint density at radius 3 is 2.52 bits per heavy atom. The van der Waals surface area contributed by atoms with E-state index in [2.05, 4.69) is 5.32 Å². The van der Waals surface area contributed by atoms with Crippen molar-refractivity contribution >= 4 is 36.0 Å². The van der Waals surface area contributed by atoms with Crippen LogP contribution in [-0.4, -0.2) is 47.7 Å². The van der Waals surface area contributed by atoms with Gasteiger partial charge in [0.25, 0.3) is 11.8 Å². The summed E-state index contributed by atoms with van der Waals surface area (Å²) in [6, 6.07) is 3.75. The number of amides is 4. The van der Waals surface area contributed by atoms with Gasteiger partial charge in [0.2, 0.25) is 11.8 Å². The summed E-state index contributed by atoms with van der Waals surface area (Å²) >= 11 is 0. The van der Waals surface area contributed by atoms with Gasteiger partial charge in [-0.05, 0) is 50.4 Å². The first-order valence-corrected chi connectivity index (χ1v) is 8.71. The Kier molecular flexibility index (Phi) is 6.92. The minimum absolute atomic E-state index is 0. The molecule has 1 unspecified atom stereocenters. The van der Waals surface area contributed by atoms with Gasteiger partial charge in [-0.25, -0.2) is 0 Å². The highest BCUT2D eigenvalue weighted by Gasteiger charge is 2.44. The first kappa shape index (κ1) is 20.9. The van der Waals surface area contributed by atoms with Crippen molar-refractivity contribution in [1.82, 2.24) is 10.2 Å². The molecule has 1 atom stereocenters. The molecular formula is C18H22ClN3O5. The number of rotatable bonds is 7. The predicted molar refractivity (Wildman–Crippen MR) is 98.8 cm³/mol. The lowest BCUT2D eigenvalue weighted by molar-refractivity contribution is -0.136. The summed E-state index contributed by atoms with van der Waals surface area (Å²) in [6.45, 7) is 1.14. The summed E-state index contributed by atoms with van der Waals surface area (Å²) < 4.78 is 5.63. The molecule has 0 saturated carbocycles. The highest BCUT2D eigenvalue weighted by molar-refractivity contribution is 6.23. The molecule has 1 aromatic rings. The third-order valence-corrected chi connectivity index (χ3v) is 4.53. The number of nitrogens with two attached hydrogens (primary N) is 1. The summed E-state index contributed by atoms with van der Waals surface area (Å²) in [5.74, 6) is -1.56. The Hall–Kier alpha value is -2.45. The second-order valence-corrected chi connectivity index (χ2v) is 6.35. The van der Waals surface area contributed by atoms with Crippen LogP contribution in [0.2, 0.25) is 0 Å². The van der Waals surface area contributed by atoms with Crippen molar-refractivity contribution in [2.45, 2.75) is 38.1 Å². The zero-order chi connectivity index (χ0) is 18.7. The number of nitrogens with zero attached hydrogens (tertiary/aromatic N) is 1. The molecule has 27 heavy (non-hydrogen) atoms. The average molecular weight is 396 g/mol. The number of halogens is 1. The summed E-state index contributed by atoms with van der Waals surface area (Å²) in [7, 11) is 0. The molecule has 0 aliphatic carbocycles. The van der Waals surface area contributed by atoms with Crippen LogP contribution in [-0.2, 0) is 9.59 Å². The number of fused-ring (bicyclic) bond motifs is 1. The topological polar surface area (TPSA) is 119 Å². The Labute approximate surface area is 162 Å². The molecule has 8 nitrogen and oxygen atoms in total. The minimum Gasteiger partial charge on any atom is -0.494 e. The van der Waals surface area contributed by atoms with Crippen LogP contribution in [0.5, 0.6) is 5.75 Å². The largest absolute Gasteiger partial charge is 0.494 e. The Morgan fingerprint density at radius 1 is 1.07 bits per heavy atom. The zero-order valence-corrected chi connectivity index (χ0v) is 15.5. The van der Waals surface area contributed by atoms with Crippen molar-refractivity contribution in [3.8, 4) is 5.75 Å². The lowest BCUT2D eigenvalue weighted by atomic mass is 10.0. The first-order chi connectivity index (χ1) is 12.5. The molecule has 0 spiro atoms. The molecule has 146 valence electrons. The molecular weight excluding hydrogens is 374 g/mol. The van der Waals surface area contributed by atoms with Crippen LogP contribution in [0.1, 0.15) is 52.8 Å². The fourth-order valence-electron chi connectivity index (χ4n) is 3.15. The number of nitrogens with one attached hydrogen (secondary N) is 1. The van der Waals surface area contributed by atoms with Gasteiger partial charge in [0, 0.05) is 6.42 Å². The van der Waals surface area contributed by atoms with Crippen molar-refractivity contribution in [3.63, 3.8) is 0 Å². The molecule has 3 N–H and O–H groups in total. The fraction of sp³-hybridized carbons (Fsp3) is 0.444. The van der Waals surface area contributed by atoms with Crippen LogP contribution in [0.4, 0.5) is 0 Å². The number of hydrogen-bond donors (Lipinski definition) is 2. The molecule has 3 rings (SSSR count). The van der Waals surface area contributed by atoms with E-state index in [0.717, 1.165) is 24.2 Å². The monoisotopic (exact) mass is 395 g/mol. The van der Waals surface area contributed by atoms with E-state index in [0.29, 0.717) is 18.9 Å². The smallest absolute Gasteiger partial charge is 0.262 e. The Balaban J connectivity index is 0.00000261. The number of carbonyl (C=O) groups is 4. The van der Waals surface area contributed by atoms with Crippen LogP contribution in [0.15, 0.2) is 18.2 Å². The van der Waals surface area contributed by atoms with Crippen molar-refractivity contribution in [3.05, 3.63) is 29.3 Å². The number of unbranched alkanes of at least 4 members (excludes halogenated alkanes) is 2. The third-order valence-electron chi connectivity index (χ3n) is 4.53. The third kappa shape index (κ3) is 4.28. The summed E-state index contributed by atoms with van der Waals surface area (Å²) in [5.41, 5.74) is 5.91. The van der Waals surface area contributed by atoms with Crippen molar-refractivity contribution in [2.24, 2.45) is 5.73 Å². The molecule has 9 heteroatoms. The molecule has 2 heterocycles. The van der Waals surface area contributed by atoms with Gasteiger partial charge in [-0.3, -0.25) is 29.4 Å². The fourth-order valence-corrected chi connectivity index (χ4v) is 3.15. The summed E-state index contributed by atoms with van der Waals surface area (Å²) in [5, 5.41) is 2.17. The van der Waals surface area contributed by atoms with Gasteiger partial charge >= 0.3 is 0 Å². The minimum atomic E-state index is -0.958. The lowest BCUT2D eigenvalue weighted by Crippen LogP contribution is -2.54. The molecule has 0 radical (unpaired) electrons. The van der Waals surface area contributed by atoms with E-state index in [9.17, 15) is 19.2 Å². The average Bonchev–Trinajstić information content (AvgIpc) is 2.86. The van der Waals surface area contributed by atoms with Gasteiger partial charge in [0.1, 0.15) is 11.8 Å². The maximum atomic E-state index is 12.7. The van der Waals surface area contributed by atoms with Crippen molar-refractivity contribution in [1.29, 1.82) is 0 Å². The SMILES string of the molecule is Cl.NCCCCCOc1ccc2c(c1)C(=O)N(C1CCC(=O)NC1=O)C2=O. The van der Waals surface area contributed by atoms with Gasteiger partial charge in [0.15, 0.2) is 0 Å². The summed E-state index contributed by atoms with van der Waals surface area (Å²) in [6.07, 6.45) is 2.98. The van der Waals surface area contributed by atoms with E-state index in [1.54, 1.807) is 6.07 Å². The number of carbonyl (C=O) groups excluding carboxylic acids is 4. The molecule has 1 saturated heterocycles. The predicted octanol–water partition coefficient (Wildman–Crippen LogP) is 1.02. The number of benzene rings is 1. The van der Waals surface area contributed by atoms with Crippen molar-refractivity contribution < 1.29 is 23.9 Å². The second kappa shape index (κ2) is 8.96. The van der Waals surface area contributed by atoms with Gasteiger partial charge in [-0.15, -0.1) is 12.4 Å². The van der Waals surface area contributed by atoms with Crippen LogP contribution in [0.25, 0.3) is 0 Å². The Morgan fingerprint density at radius 2 is 1.81 bits per heavy atom. The van der Waals surface area contributed by atoms with E-state index < -0.39 is 29.7 Å². The quantitative estimate of drug-likeness (QED) is 0.525.